The number of esters is 1. The van der Waals surface area contributed by atoms with Gasteiger partial charge in [-0.2, -0.15) is 0 Å². The highest BCUT2D eigenvalue weighted by Gasteiger charge is 2.14. The van der Waals surface area contributed by atoms with Gasteiger partial charge >= 0.3 is 5.97 Å². The van der Waals surface area contributed by atoms with Gasteiger partial charge in [0.2, 0.25) is 0 Å². The number of ether oxygens (including phenoxy) is 1. The molecule has 120 valence electrons. The summed E-state index contributed by atoms with van der Waals surface area (Å²) in [5.41, 5.74) is 2.22. The lowest BCUT2D eigenvalue weighted by Gasteiger charge is -2.13. The highest BCUT2D eigenvalue weighted by atomic mass is 16.5. The first kappa shape index (κ1) is 16.6. The number of H-pyrrole nitrogens is 1. The van der Waals surface area contributed by atoms with Gasteiger partial charge in [-0.15, -0.1) is 0 Å². The monoisotopic (exact) mass is 302 g/mol. The summed E-state index contributed by atoms with van der Waals surface area (Å²) in [5, 5.41) is 1.03. The third-order valence-corrected chi connectivity index (χ3v) is 3.85. The summed E-state index contributed by atoms with van der Waals surface area (Å²) < 4.78 is 5.60. The van der Waals surface area contributed by atoms with Gasteiger partial charge in [-0.1, -0.05) is 26.8 Å². The number of nitrogens with zero attached hydrogens (tertiary/aromatic N) is 1. The van der Waals surface area contributed by atoms with E-state index in [1.165, 1.54) is 5.56 Å². The Hall–Kier alpha value is -1.81. The molecule has 0 aliphatic heterocycles. The van der Waals surface area contributed by atoms with Gasteiger partial charge in [0.1, 0.15) is 5.75 Å². The van der Waals surface area contributed by atoms with E-state index in [-0.39, 0.29) is 5.97 Å². The van der Waals surface area contributed by atoms with Crippen molar-refractivity contribution in [3.8, 4) is 5.75 Å². The molecule has 0 fully saturated rings. The lowest BCUT2D eigenvalue weighted by atomic mass is 10.1. The number of likely N-dealkylation sites (N-methyl/N-ethyl adjacent to an activating group) is 1. The number of hydrogen-bond donors (Lipinski definition) is 1. The number of aromatic amines is 1. The minimum atomic E-state index is -0.166. The largest absolute Gasteiger partial charge is 0.426 e. The van der Waals surface area contributed by atoms with Crippen LogP contribution in [0.25, 0.3) is 10.9 Å². The van der Waals surface area contributed by atoms with Gasteiger partial charge in [0.15, 0.2) is 0 Å². The van der Waals surface area contributed by atoms with E-state index < -0.39 is 0 Å². The average Bonchev–Trinajstić information content (AvgIpc) is 2.88. The lowest BCUT2D eigenvalue weighted by Crippen LogP contribution is -2.20. The van der Waals surface area contributed by atoms with E-state index in [0.717, 1.165) is 30.4 Å². The molecule has 1 aromatic heterocycles. The first-order valence-electron chi connectivity index (χ1n) is 7.99. The van der Waals surface area contributed by atoms with Crippen molar-refractivity contribution >= 4 is 16.9 Å². The van der Waals surface area contributed by atoms with Crippen molar-refractivity contribution in [3.63, 3.8) is 0 Å². The van der Waals surface area contributed by atoms with Gasteiger partial charge in [-0.25, -0.2) is 0 Å². The van der Waals surface area contributed by atoms with Gasteiger partial charge < -0.3 is 14.6 Å². The van der Waals surface area contributed by atoms with Crippen LogP contribution in [-0.4, -0.2) is 36.0 Å². The summed E-state index contributed by atoms with van der Waals surface area (Å²) >= 11 is 0. The molecule has 0 amide bonds. The summed E-state index contributed by atoms with van der Waals surface area (Å²) in [7, 11) is 2.11. The number of rotatable bonds is 7. The van der Waals surface area contributed by atoms with E-state index in [4.69, 9.17) is 4.74 Å². The molecular formula is C18H26N2O2. The smallest absolute Gasteiger partial charge is 0.311 e. The zero-order valence-electron chi connectivity index (χ0n) is 14.0. The molecule has 0 saturated heterocycles. The summed E-state index contributed by atoms with van der Waals surface area (Å²) in [5.74, 6) is 0.800. The van der Waals surface area contributed by atoms with Crippen molar-refractivity contribution in [2.24, 2.45) is 5.92 Å². The van der Waals surface area contributed by atoms with E-state index >= 15 is 0 Å². The molecular weight excluding hydrogens is 276 g/mol. The van der Waals surface area contributed by atoms with Crippen molar-refractivity contribution in [3.05, 3.63) is 30.0 Å². The fraction of sp³-hybridized carbons (Fsp3) is 0.500. The van der Waals surface area contributed by atoms with E-state index in [1.54, 1.807) is 0 Å². The van der Waals surface area contributed by atoms with Crippen molar-refractivity contribution in [1.29, 1.82) is 0 Å². The van der Waals surface area contributed by atoms with Crippen LogP contribution in [0.3, 0.4) is 0 Å². The molecule has 0 saturated carbocycles. The Bertz CT molecular complexity index is 631. The van der Waals surface area contributed by atoms with Crippen LogP contribution in [0.4, 0.5) is 0 Å². The molecule has 2 aromatic rings. The molecule has 1 N–H and O–H groups in total. The molecule has 0 aliphatic rings. The number of carbonyl (C=O) groups is 1. The third-order valence-electron chi connectivity index (χ3n) is 3.85. The maximum Gasteiger partial charge on any atom is 0.311 e. The molecule has 0 atom stereocenters. The normalized spacial score (nSPS) is 11.5. The van der Waals surface area contributed by atoms with Crippen LogP contribution in [0, 0.1) is 5.92 Å². The Labute approximate surface area is 132 Å². The van der Waals surface area contributed by atoms with Gasteiger partial charge in [0, 0.05) is 30.1 Å². The standard InChI is InChI=1S/C18H26N2O2/c1-5-20(4)10-9-14-12-19-15-7-6-8-16(18(14)15)22-17(21)11-13(2)3/h6-8,12-13,19H,5,9-11H2,1-4H3. The maximum absolute atomic E-state index is 12.0. The number of nitrogens with one attached hydrogen (secondary N) is 1. The van der Waals surface area contributed by atoms with E-state index in [1.807, 2.05) is 38.2 Å². The number of aromatic nitrogens is 1. The lowest BCUT2D eigenvalue weighted by molar-refractivity contribution is -0.135. The molecule has 0 aliphatic carbocycles. The topological polar surface area (TPSA) is 45.3 Å². The molecule has 1 heterocycles. The summed E-state index contributed by atoms with van der Waals surface area (Å²) in [6, 6.07) is 5.81. The van der Waals surface area contributed by atoms with Gasteiger partial charge in [0.05, 0.1) is 0 Å². The summed E-state index contributed by atoms with van der Waals surface area (Å²) in [6.07, 6.45) is 3.39. The van der Waals surface area contributed by atoms with Gasteiger partial charge in [0.25, 0.3) is 0 Å². The SMILES string of the molecule is CCN(C)CCc1c[nH]c2cccc(OC(=O)CC(C)C)c12. The average molecular weight is 302 g/mol. The van der Waals surface area contributed by atoms with Crippen molar-refractivity contribution in [2.45, 2.75) is 33.6 Å². The quantitative estimate of drug-likeness (QED) is 0.627. The first-order chi connectivity index (χ1) is 10.5. The Kier molecular flexibility index (Phi) is 5.61. The van der Waals surface area contributed by atoms with E-state index in [0.29, 0.717) is 18.1 Å². The fourth-order valence-electron chi connectivity index (χ4n) is 2.47. The Morgan fingerprint density at radius 3 is 2.82 bits per heavy atom. The van der Waals surface area contributed by atoms with Crippen molar-refractivity contribution < 1.29 is 9.53 Å². The molecule has 2 rings (SSSR count). The maximum atomic E-state index is 12.0. The van der Waals surface area contributed by atoms with E-state index in [2.05, 4.69) is 23.9 Å². The van der Waals surface area contributed by atoms with Crippen molar-refractivity contribution in [2.75, 3.05) is 20.1 Å². The van der Waals surface area contributed by atoms with Crippen molar-refractivity contribution in [1.82, 2.24) is 9.88 Å². The second-order valence-electron chi connectivity index (χ2n) is 6.21. The molecule has 0 radical (unpaired) electrons. The predicted molar refractivity (Wildman–Crippen MR) is 90.3 cm³/mol. The number of fused-ring (bicyclic) bond motifs is 1. The van der Waals surface area contributed by atoms with Gasteiger partial charge in [-0.3, -0.25) is 4.79 Å². The predicted octanol–water partition coefficient (Wildman–Crippen LogP) is 3.61. The Morgan fingerprint density at radius 2 is 2.14 bits per heavy atom. The van der Waals surface area contributed by atoms with Crippen LogP contribution in [0.1, 0.15) is 32.8 Å². The highest BCUT2D eigenvalue weighted by Crippen LogP contribution is 2.29. The Balaban J connectivity index is 2.22. The summed E-state index contributed by atoms with van der Waals surface area (Å²) in [6.45, 7) is 8.19. The molecule has 4 nitrogen and oxygen atoms in total. The minimum Gasteiger partial charge on any atom is -0.426 e. The van der Waals surface area contributed by atoms with Crippen LogP contribution in [0.15, 0.2) is 24.4 Å². The first-order valence-corrected chi connectivity index (χ1v) is 7.99. The zero-order valence-corrected chi connectivity index (χ0v) is 14.0. The molecule has 0 unspecified atom stereocenters. The summed E-state index contributed by atoms with van der Waals surface area (Å²) in [4.78, 5) is 17.5. The molecule has 1 aromatic carbocycles. The zero-order chi connectivity index (χ0) is 16.1. The minimum absolute atomic E-state index is 0.166. The van der Waals surface area contributed by atoms with Crippen LogP contribution >= 0.6 is 0 Å². The van der Waals surface area contributed by atoms with Crippen LogP contribution in [-0.2, 0) is 11.2 Å². The highest BCUT2D eigenvalue weighted by molar-refractivity contribution is 5.91. The Morgan fingerprint density at radius 1 is 1.36 bits per heavy atom. The molecule has 22 heavy (non-hydrogen) atoms. The number of benzene rings is 1. The second-order valence-corrected chi connectivity index (χ2v) is 6.21. The fourth-order valence-corrected chi connectivity index (χ4v) is 2.47. The molecule has 4 heteroatoms. The number of hydrogen-bond acceptors (Lipinski definition) is 3. The van der Waals surface area contributed by atoms with Crippen LogP contribution in [0.2, 0.25) is 0 Å². The van der Waals surface area contributed by atoms with E-state index in [9.17, 15) is 4.79 Å². The number of carbonyl (C=O) groups excluding carboxylic acids is 1. The molecule has 0 spiro atoms. The molecule has 0 bridgehead atoms. The third kappa shape index (κ3) is 4.10. The van der Waals surface area contributed by atoms with Gasteiger partial charge in [-0.05, 0) is 43.6 Å². The second kappa shape index (κ2) is 7.45. The van der Waals surface area contributed by atoms with Crippen LogP contribution < -0.4 is 4.74 Å². The van der Waals surface area contributed by atoms with Crippen LogP contribution in [0.5, 0.6) is 5.75 Å².